The number of aromatic nitrogens is 2. The Balaban J connectivity index is 1.48. The molecule has 1 amide bonds. The summed E-state index contributed by atoms with van der Waals surface area (Å²) in [4.78, 5) is 31.3. The highest BCUT2D eigenvalue weighted by Crippen LogP contribution is 2.60. The van der Waals surface area contributed by atoms with Crippen molar-refractivity contribution in [2.75, 3.05) is 0 Å². The fourth-order valence-electron chi connectivity index (χ4n) is 5.52. The van der Waals surface area contributed by atoms with Crippen LogP contribution in [0, 0.1) is 23.2 Å². The number of aromatic amines is 1. The molecule has 4 aliphatic carbocycles. The molecule has 0 spiro atoms. The molecular weight excluding hydrogens is 294 g/mol. The number of nitrogens with one attached hydrogen (secondary N) is 2. The number of aliphatic carboxylic acids is 1. The lowest BCUT2D eigenvalue weighted by molar-refractivity contribution is -0.151. The molecule has 6 heteroatoms. The lowest BCUT2D eigenvalue weighted by atomic mass is 9.49. The Labute approximate surface area is 135 Å². The molecule has 3 N–H and O–H groups in total. The van der Waals surface area contributed by atoms with E-state index in [-0.39, 0.29) is 17.7 Å². The summed E-state index contributed by atoms with van der Waals surface area (Å²) in [5.41, 5.74) is 0.416. The first-order valence-corrected chi connectivity index (χ1v) is 8.55. The van der Waals surface area contributed by atoms with Gasteiger partial charge in [0.05, 0.1) is 6.33 Å². The first-order chi connectivity index (χ1) is 11.0. The van der Waals surface area contributed by atoms with Crippen LogP contribution in [0.15, 0.2) is 12.5 Å². The van der Waals surface area contributed by atoms with E-state index < -0.39 is 12.0 Å². The zero-order valence-electron chi connectivity index (χ0n) is 13.1. The minimum Gasteiger partial charge on any atom is -0.480 e. The Hall–Kier alpha value is -1.85. The number of H-pyrrole nitrogens is 1. The van der Waals surface area contributed by atoms with Gasteiger partial charge in [0.2, 0.25) is 5.91 Å². The molecule has 5 rings (SSSR count). The average Bonchev–Trinajstić information content (AvgIpc) is 2.98. The van der Waals surface area contributed by atoms with Crippen LogP contribution >= 0.6 is 0 Å². The van der Waals surface area contributed by atoms with Crippen LogP contribution in [-0.2, 0) is 16.0 Å². The molecule has 1 aromatic heterocycles. The van der Waals surface area contributed by atoms with E-state index in [9.17, 15) is 14.7 Å². The van der Waals surface area contributed by atoms with E-state index in [0.717, 1.165) is 25.0 Å². The molecule has 1 heterocycles. The Morgan fingerprint density at radius 3 is 2.35 bits per heavy atom. The number of carbonyl (C=O) groups excluding carboxylic acids is 1. The molecular formula is C17H23N3O3. The van der Waals surface area contributed by atoms with Crippen LogP contribution in [0.5, 0.6) is 0 Å². The second-order valence-corrected chi connectivity index (χ2v) is 7.84. The van der Waals surface area contributed by atoms with Gasteiger partial charge in [0.15, 0.2) is 0 Å². The first kappa shape index (κ1) is 14.7. The number of imidazole rings is 1. The predicted octanol–water partition coefficient (Wildman–Crippen LogP) is 1.74. The van der Waals surface area contributed by atoms with Crippen molar-refractivity contribution in [1.29, 1.82) is 0 Å². The van der Waals surface area contributed by atoms with Gasteiger partial charge in [-0.1, -0.05) is 0 Å². The maximum Gasteiger partial charge on any atom is 0.326 e. The van der Waals surface area contributed by atoms with Crippen molar-refractivity contribution in [3.8, 4) is 0 Å². The average molecular weight is 317 g/mol. The highest BCUT2D eigenvalue weighted by molar-refractivity contribution is 5.88. The summed E-state index contributed by atoms with van der Waals surface area (Å²) in [7, 11) is 0. The van der Waals surface area contributed by atoms with Gasteiger partial charge < -0.3 is 15.4 Å². The summed E-state index contributed by atoms with van der Waals surface area (Å²) in [6, 6.07) is -0.893. The van der Waals surface area contributed by atoms with Crippen LogP contribution in [-0.4, -0.2) is 33.0 Å². The SMILES string of the molecule is O=C(O)[C@H](Cc1cnc[nH]1)NC(=O)C12CC3CC(CC(C3)C1)C2. The predicted molar refractivity (Wildman–Crippen MR) is 82.5 cm³/mol. The number of carboxylic acids is 1. The molecule has 124 valence electrons. The van der Waals surface area contributed by atoms with Gasteiger partial charge in [-0.05, 0) is 56.3 Å². The van der Waals surface area contributed by atoms with E-state index in [2.05, 4.69) is 15.3 Å². The van der Waals surface area contributed by atoms with Gasteiger partial charge in [0.1, 0.15) is 6.04 Å². The fourth-order valence-corrected chi connectivity index (χ4v) is 5.52. The van der Waals surface area contributed by atoms with E-state index in [4.69, 9.17) is 0 Å². The molecule has 1 atom stereocenters. The second-order valence-electron chi connectivity index (χ2n) is 7.84. The van der Waals surface area contributed by atoms with Crippen LogP contribution in [0.25, 0.3) is 0 Å². The Morgan fingerprint density at radius 1 is 1.26 bits per heavy atom. The highest BCUT2D eigenvalue weighted by Gasteiger charge is 2.54. The van der Waals surface area contributed by atoms with Gasteiger partial charge >= 0.3 is 5.97 Å². The summed E-state index contributed by atoms with van der Waals surface area (Å²) >= 11 is 0. The minimum atomic E-state index is -0.988. The molecule has 4 bridgehead atoms. The van der Waals surface area contributed by atoms with Crippen LogP contribution < -0.4 is 5.32 Å². The summed E-state index contributed by atoms with van der Waals surface area (Å²) in [5, 5.41) is 12.3. The molecule has 0 aromatic carbocycles. The quantitative estimate of drug-likeness (QED) is 0.771. The number of carbonyl (C=O) groups is 2. The fraction of sp³-hybridized carbons (Fsp3) is 0.706. The summed E-state index contributed by atoms with van der Waals surface area (Å²) in [5.74, 6) is 0.981. The largest absolute Gasteiger partial charge is 0.480 e. The Bertz CT molecular complexity index is 575. The Kier molecular flexibility index (Phi) is 3.43. The van der Waals surface area contributed by atoms with Gasteiger partial charge in [-0.15, -0.1) is 0 Å². The number of amides is 1. The van der Waals surface area contributed by atoms with Crippen molar-refractivity contribution in [1.82, 2.24) is 15.3 Å². The number of rotatable bonds is 5. The van der Waals surface area contributed by atoms with E-state index >= 15 is 0 Å². The minimum absolute atomic E-state index is 0.0384. The normalized spacial score (nSPS) is 35.9. The lowest BCUT2D eigenvalue weighted by Gasteiger charge is -2.55. The number of hydrogen-bond acceptors (Lipinski definition) is 3. The third-order valence-corrected chi connectivity index (χ3v) is 6.10. The van der Waals surface area contributed by atoms with E-state index in [0.29, 0.717) is 17.8 Å². The molecule has 4 saturated carbocycles. The van der Waals surface area contributed by atoms with Crippen molar-refractivity contribution >= 4 is 11.9 Å². The number of hydrogen-bond donors (Lipinski definition) is 3. The van der Waals surface area contributed by atoms with Crippen LogP contribution in [0.3, 0.4) is 0 Å². The van der Waals surface area contributed by atoms with Crippen LogP contribution in [0.2, 0.25) is 0 Å². The van der Waals surface area contributed by atoms with E-state index in [1.807, 2.05) is 0 Å². The summed E-state index contributed by atoms with van der Waals surface area (Å²) < 4.78 is 0. The third kappa shape index (κ3) is 2.64. The molecule has 1 aromatic rings. The molecule has 6 nitrogen and oxygen atoms in total. The smallest absolute Gasteiger partial charge is 0.326 e. The Morgan fingerprint density at radius 2 is 1.87 bits per heavy atom. The summed E-state index contributed by atoms with van der Waals surface area (Å²) in [6.45, 7) is 0. The zero-order valence-corrected chi connectivity index (χ0v) is 13.1. The summed E-state index contributed by atoms with van der Waals surface area (Å²) in [6.07, 6.45) is 10.0. The maximum absolute atomic E-state index is 12.9. The molecule has 4 fully saturated rings. The number of nitrogens with zero attached hydrogens (tertiary/aromatic N) is 1. The standard InChI is InChI=1S/C17H23N3O3/c21-15(22)14(4-13-8-18-9-19-13)20-16(23)17-5-10-1-11(6-17)3-12(2-10)7-17/h8-12,14H,1-7H2,(H,18,19)(H,20,23)(H,21,22)/t10?,11?,12?,14-,17?/m0/s1. The molecule has 0 aliphatic heterocycles. The molecule has 23 heavy (non-hydrogen) atoms. The van der Waals surface area contributed by atoms with Crippen molar-refractivity contribution in [2.45, 2.75) is 51.0 Å². The maximum atomic E-state index is 12.9. The molecule has 0 radical (unpaired) electrons. The van der Waals surface area contributed by atoms with Crippen LogP contribution in [0.4, 0.5) is 0 Å². The monoisotopic (exact) mass is 317 g/mol. The molecule has 4 aliphatic rings. The topological polar surface area (TPSA) is 95.1 Å². The number of carboxylic acid groups (broad SMARTS) is 1. The van der Waals surface area contributed by atoms with Gasteiger partial charge in [-0.3, -0.25) is 4.79 Å². The van der Waals surface area contributed by atoms with Gasteiger partial charge in [-0.2, -0.15) is 0 Å². The second kappa shape index (κ2) is 5.35. The molecule has 0 unspecified atom stereocenters. The third-order valence-electron chi connectivity index (χ3n) is 6.10. The first-order valence-electron chi connectivity index (χ1n) is 8.55. The van der Waals surface area contributed by atoms with Gasteiger partial charge in [-0.25, -0.2) is 9.78 Å². The van der Waals surface area contributed by atoms with Crippen molar-refractivity contribution in [3.63, 3.8) is 0 Å². The van der Waals surface area contributed by atoms with Crippen LogP contribution in [0.1, 0.15) is 44.2 Å². The van der Waals surface area contributed by atoms with Gasteiger partial charge in [0.25, 0.3) is 0 Å². The molecule has 0 saturated heterocycles. The van der Waals surface area contributed by atoms with Crippen molar-refractivity contribution in [2.24, 2.45) is 23.2 Å². The van der Waals surface area contributed by atoms with Gasteiger partial charge in [0, 0.05) is 23.7 Å². The van der Waals surface area contributed by atoms with Crippen molar-refractivity contribution in [3.05, 3.63) is 18.2 Å². The highest BCUT2D eigenvalue weighted by atomic mass is 16.4. The lowest BCUT2D eigenvalue weighted by Crippen LogP contribution is -2.56. The zero-order chi connectivity index (χ0) is 16.0. The van der Waals surface area contributed by atoms with E-state index in [1.165, 1.54) is 25.6 Å². The van der Waals surface area contributed by atoms with E-state index in [1.54, 1.807) is 6.20 Å². The van der Waals surface area contributed by atoms with Crippen molar-refractivity contribution < 1.29 is 14.7 Å².